The highest BCUT2D eigenvalue weighted by molar-refractivity contribution is 5.57. The first kappa shape index (κ1) is 16.7. The third-order valence-electron chi connectivity index (χ3n) is 3.53. The summed E-state index contributed by atoms with van der Waals surface area (Å²) >= 11 is 0. The Kier molecular flexibility index (Phi) is 7.30. The number of aromatic nitrogens is 2. The topological polar surface area (TPSA) is 70.1 Å². The van der Waals surface area contributed by atoms with Crippen LogP contribution in [0.25, 0.3) is 0 Å². The first-order chi connectivity index (χ1) is 9.65. The molecule has 114 valence electrons. The zero-order chi connectivity index (χ0) is 15.0. The van der Waals surface area contributed by atoms with E-state index >= 15 is 0 Å². The fraction of sp³-hybridized carbons (Fsp3) is 0.733. The maximum Gasteiger partial charge on any atom is 0.134 e. The minimum absolute atomic E-state index is 0.242. The number of aliphatic hydroxyl groups is 1. The number of rotatable bonds is 9. The van der Waals surface area contributed by atoms with Gasteiger partial charge in [-0.25, -0.2) is 9.97 Å². The van der Waals surface area contributed by atoms with Crippen LogP contribution in [0.15, 0.2) is 0 Å². The molecular weight excluding hydrogens is 252 g/mol. The summed E-state index contributed by atoms with van der Waals surface area (Å²) in [6.07, 6.45) is 2.70. The molecule has 3 N–H and O–H groups in total. The van der Waals surface area contributed by atoms with Crippen LogP contribution in [-0.4, -0.2) is 34.8 Å². The summed E-state index contributed by atoms with van der Waals surface area (Å²) in [6.45, 7) is 10.2. The number of aliphatic hydroxyl groups excluding tert-OH is 1. The number of nitrogens with one attached hydrogen (secondary N) is 2. The Morgan fingerprint density at radius 1 is 1.10 bits per heavy atom. The van der Waals surface area contributed by atoms with Gasteiger partial charge in [-0.3, -0.25) is 0 Å². The third kappa shape index (κ3) is 4.63. The van der Waals surface area contributed by atoms with Gasteiger partial charge in [0.15, 0.2) is 0 Å². The van der Waals surface area contributed by atoms with Crippen LogP contribution in [0.1, 0.15) is 45.0 Å². The lowest BCUT2D eigenvalue weighted by atomic mass is 10.0. The molecule has 0 bridgehead atoms. The Morgan fingerprint density at radius 3 is 2.25 bits per heavy atom. The highest BCUT2D eigenvalue weighted by Gasteiger charge is 2.11. The van der Waals surface area contributed by atoms with Crippen LogP contribution in [0, 0.1) is 12.8 Å². The maximum atomic E-state index is 9.05. The fourth-order valence-electron chi connectivity index (χ4n) is 2.11. The molecule has 0 aromatic carbocycles. The number of hydrogen-bond donors (Lipinski definition) is 3. The lowest BCUT2D eigenvalue weighted by Gasteiger charge is -2.18. The normalized spacial score (nSPS) is 12.2. The average Bonchev–Trinajstić information content (AvgIpc) is 2.46. The summed E-state index contributed by atoms with van der Waals surface area (Å²) in [6, 6.07) is 0. The zero-order valence-electron chi connectivity index (χ0n) is 13.2. The van der Waals surface area contributed by atoms with Crippen molar-refractivity contribution in [3.63, 3.8) is 0 Å². The van der Waals surface area contributed by atoms with Gasteiger partial charge < -0.3 is 15.7 Å². The van der Waals surface area contributed by atoms with E-state index in [-0.39, 0.29) is 6.61 Å². The minimum Gasteiger partial charge on any atom is -0.396 e. The van der Waals surface area contributed by atoms with E-state index in [1.807, 2.05) is 6.92 Å². The third-order valence-corrected chi connectivity index (χ3v) is 3.53. The number of aryl methyl sites for hydroxylation is 1. The molecule has 0 radical (unpaired) electrons. The van der Waals surface area contributed by atoms with Gasteiger partial charge in [-0.05, 0) is 26.2 Å². The highest BCUT2D eigenvalue weighted by Crippen LogP contribution is 2.21. The van der Waals surface area contributed by atoms with Crippen molar-refractivity contribution in [3.05, 3.63) is 11.4 Å². The van der Waals surface area contributed by atoms with Gasteiger partial charge in [0.25, 0.3) is 0 Å². The molecule has 0 amide bonds. The summed E-state index contributed by atoms with van der Waals surface area (Å²) in [5.74, 6) is 3.15. The molecule has 5 heteroatoms. The summed E-state index contributed by atoms with van der Waals surface area (Å²) in [4.78, 5) is 9.10. The first-order valence-corrected chi connectivity index (χ1v) is 7.62. The molecule has 5 nitrogen and oxygen atoms in total. The van der Waals surface area contributed by atoms with Crippen molar-refractivity contribution in [1.82, 2.24) is 9.97 Å². The van der Waals surface area contributed by atoms with Crippen molar-refractivity contribution >= 4 is 11.6 Å². The van der Waals surface area contributed by atoms with Crippen molar-refractivity contribution in [2.24, 2.45) is 5.92 Å². The molecule has 1 aromatic heterocycles. The van der Waals surface area contributed by atoms with Gasteiger partial charge in [0.05, 0.1) is 0 Å². The lowest BCUT2D eigenvalue weighted by Crippen LogP contribution is -2.18. The van der Waals surface area contributed by atoms with E-state index in [1.54, 1.807) is 0 Å². The fourth-order valence-corrected chi connectivity index (χ4v) is 2.11. The Morgan fingerprint density at radius 2 is 1.75 bits per heavy atom. The van der Waals surface area contributed by atoms with Gasteiger partial charge in [-0.1, -0.05) is 20.3 Å². The second-order valence-electron chi connectivity index (χ2n) is 5.01. The monoisotopic (exact) mass is 280 g/mol. The minimum atomic E-state index is 0.242. The van der Waals surface area contributed by atoms with Crippen LogP contribution in [0.3, 0.4) is 0 Å². The van der Waals surface area contributed by atoms with Crippen molar-refractivity contribution in [1.29, 1.82) is 0 Å². The number of hydrogen-bond acceptors (Lipinski definition) is 5. The van der Waals surface area contributed by atoms with E-state index in [4.69, 9.17) is 5.11 Å². The molecule has 0 aliphatic rings. The van der Waals surface area contributed by atoms with Crippen molar-refractivity contribution in [2.45, 2.75) is 47.0 Å². The van der Waals surface area contributed by atoms with Gasteiger partial charge in [-0.2, -0.15) is 0 Å². The molecule has 1 rings (SSSR count). The standard InChI is InChI=1S/C15H28N4O/c1-5-12(8-9-20)10-17-15-11(4)14(16-7-3)18-13(6-2)19-15/h12,20H,5-10H2,1-4H3,(H2,16,17,18,19). The molecule has 0 aliphatic heterocycles. The Balaban J connectivity index is 2.84. The molecule has 20 heavy (non-hydrogen) atoms. The van der Waals surface area contributed by atoms with Crippen LogP contribution in [0.2, 0.25) is 0 Å². The summed E-state index contributed by atoms with van der Waals surface area (Å²) in [7, 11) is 0. The van der Waals surface area contributed by atoms with Crippen molar-refractivity contribution < 1.29 is 5.11 Å². The van der Waals surface area contributed by atoms with E-state index in [9.17, 15) is 0 Å². The van der Waals surface area contributed by atoms with E-state index in [2.05, 4.69) is 41.4 Å². The molecule has 1 aromatic rings. The van der Waals surface area contributed by atoms with E-state index in [1.165, 1.54) is 0 Å². The Labute approximate surface area is 122 Å². The molecule has 0 fully saturated rings. The molecule has 1 heterocycles. The lowest BCUT2D eigenvalue weighted by molar-refractivity contribution is 0.258. The molecule has 0 saturated heterocycles. The summed E-state index contributed by atoms with van der Waals surface area (Å²) in [5.41, 5.74) is 1.06. The predicted molar refractivity (Wildman–Crippen MR) is 84.3 cm³/mol. The van der Waals surface area contributed by atoms with Gasteiger partial charge >= 0.3 is 0 Å². The second-order valence-corrected chi connectivity index (χ2v) is 5.01. The molecule has 1 atom stereocenters. The van der Waals surface area contributed by atoms with Gasteiger partial charge in [0.2, 0.25) is 0 Å². The Hall–Kier alpha value is -1.36. The smallest absolute Gasteiger partial charge is 0.134 e. The molecular formula is C15H28N4O. The summed E-state index contributed by atoms with van der Waals surface area (Å²) < 4.78 is 0. The number of nitrogens with zero attached hydrogens (tertiary/aromatic N) is 2. The average molecular weight is 280 g/mol. The molecule has 0 aliphatic carbocycles. The predicted octanol–water partition coefficient (Wildman–Crippen LogP) is 2.60. The summed E-state index contributed by atoms with van der Waals surface area (Å²) in [5, 5.41) is 15.8. The number of anilines is 2. The van der Waals surface area contributed by atoms with Crippen LogP contribution in [0.4, 0.5) is 11.6 Å². The largest absolute Gasteiger partial charge is 0.396 e. The SMILES string of the molecule is CCNc1nc(CC)nc(NCC(CC)CCO)c1C. The van der Waals surface area contributed by atoms with Crippen LogP contribution in [-0.2, 0) is 6.42 Å². The molecule has 0 spiro atoms. The van der Waals surface area contributed by atoms with E-state index < -0.39 is 0 Å². The first-order valence-electron chi connectivity index (χ1n) is 7.62. The van der Waals surface area contributed by atoms with Crippen LogP contribution < -0.4 is 10.6 Å². The van der Waals surface area contributed by atoms with Gasteiger partial charge in [-0.15, -0.1) is 0 Å². The second kappa shape index (κ2) is 8.74. The highest BCUT2D eigenvalue weighted by atomic mass is 16.3. The Bertz CT molecular complexity index is 409. The van der Waals surface area contributed by atoms with Crippen LogP contribution in [0.5, 0.6) is 0 Å². The van der Waals surface area contributed by atoms with Crippen molar-refractivity contribution in [3.8, 4) is 0 Å². The molecule has 1 unspecified atom stereocenters. The zero-order valence-corrected chi connectivity index (χ0v) is 13.2. The van der Waals surface area contributed by atoms with E-state index in [0.29, 0.717) is 5.92 Å². The molecule has 0 saturated carbocycles. The van der Waals surface area contributed by atoms with Crippen molar-refractivity contribution in [2.75, 3.05) is 30.3 Å². The maximum absolute atomic E-state index is 9.05. The quantitative estimate of drug-likeness (QED) is 0.648. The van der Waals surface area contributed by atoms with Gasteiger partial charge in [0.1, 0.15) is 17.5 Å². The van der Waals surface area contributed by atoms with E-state index in [0.717, 1.165) is 55.4 Å². The van der Waals surface area contributed by atoms with Gasteiger partial charge in [0, 0.05) is 31.7 Å². The van der Waals surface area contributed by atoms with Crippen LogP contribution >= 0.6 is 0 Å².